The van der Waals surface area contributed by atoms with Crippen molar-refractivity contribution < 1.29 is 28.5 Å². The smallest absolute Gasteiger partial charge is 0.325 e. The highest BCUT2D eigenvalue weighted by Gasteiger charge is 2.44. The van der Waals surface area contributed by atoms with Crippen LogP contribution in [0, 0.1) is 0 Å². The fourth-order valence-corrected chi connectivity index (χ4v) is 2.78. The Morgan fingerprint density at radius 2 is 1.29 bits per heavy atom. The Kier molecular flexibility index (Phi) is 5.15. The Bertz CT molecular complexity index is 368. The topological polar surface area (TPSA) is 77.5 Å². The number of carbonyl (C=O) groups is 2. The fourth-order valence-electron chi connectivity index (χ4n) is 2.78. The molecule has 0 radical (unpaired) electrons. The molecule has 2 rings (SSSR count). The number of fused-ring (bicyclic) bond motifs is 2. The van der Waals surface area contributed by atoms with Crippen LogP contribution >= 0.6 is 0 Å². The van der Waals surface area contributed by atoms with Gasteiger partial charge in [0.2, 0.25) is 0 Å². The van der Waals surface area contributed by atoms with Gasteiger partial charge in [0.05, 0.1) is 33.1 Å². The van der Waals surface area contributed by atoms with Crippen LogP contribution in [0.25, 0.3) is 0 Å². The summed E-state index contributed by atoms with van der Waals surface area (Å²) in [5, 5.41) is 0. The number of esters is 2. The summed E-state index contributed by atoms with van der Waals surface area (Å²) in [5.41, 5.74) is 0. The van der Waals surface area contributed by atoms with E-state index in [-0.39, 0.29) is 37.6 Å². The first-order chi connectivity index (χ1) is 9.99. The average molecular weight is 302 g/mol. The van der Waals surface area contributed by atoms with Gasteiger partial charge in [-0.05, 0) is 13.8 Å². The van der Waals surface area contributed by atoms with Crippen LogP contribution in [0.3, 0.4) is 0 Å². The monoisotopic (exact) mass is 302 g/mol. The van der Waals surface area contributed by atoms with E-state index in [1.807, 2.05) is 9.80 Å². The molecule has 0 aromatic carbocycles. The zero-order valence-corrected chi connectivity index (χ0v) is 12.8. The number of hydrogen-bond donors (Lipinski definition) is 0. The second-order valence-electron chi connectivity index (χ2n) is 5.26. The Morgan fingerprint density at radius 1 is 0.905 bits per heavy atom. The van der Waals surface area contributed by atoms with Crippen LogP contribution in [-0.2, 0) is 28.5 Å². The van der Waals surface area contributed by atoms with Crippen LogP contribution in [-0.4, -0.2) is 80.4 Å². The van der Waals surface area contributed by atoms with Crippen molar-refractivity contribution in [1.82, 2.24) is 9.80 Å². The molecule has 2 bridgehead atoms. The van der Waals surface area contributed by atoms with Gasteiger partial charge in [-0.25, -0.2) is 0 Å². The van der Waals surface area contributed by atoms with E-state index in [1.165, 1.54) is 14.2 Å². The van der Waals surface area contributed by atoms with Crippen molar-refractivity contribution in [3.8, 4) is 0 Å². The number of carbonyl (C=O) groups excluding carboxylic acids is 2. The quantitative estimate of drug-likeness (QED) is 0.625. The average Bonchev–Trinajstić information content (AvgIpc) is 2.73. The second kappa shape index (κ2) is 6.69. The highest BCUT2D eigenvalue weighted by molar-refractivity contribution is 5.77. The third kappa shape index (κ3) is 3.18. The van der Waals surface area contributed by atoms with Crippen molar-refractivity contribution >= 4 is 11.9 Å². The van der Waals surface area contributed by atoms with Crippen molar-refractivity contribution in [2.24, 2.45) is 0 Å². The molecular formula is C13H22N2O6. The number of methoxy groups -OCH3 is 2. The van der Waals surface area contributed by atoms with Crippen LogP contribution < -0.4 is 0 Å². The summed E-state index contributed by atoms with van der Waals surface area (Å²) in [7, 11) is 2.69. The van der Waals surface area contributed by atoms with Crippen molar-refractivity contribution in [3.63, 3.8) is 0 Å². The molecule has 120 valence electrons. The molecule has 6 atom stereocenters. The lowest BCUT2D eigenvalue weighted by molar-refractivity contribution is -0.161. The van der Waals surface area contributed by atoms with E-state index in [0.29, 0.717) is 6.67 Å². The minimum absolute atomic E-state index is 0.221. The Hall–Kier alpha value is -1.22. The van der Waals surface area contributed by atoms with Gasteiger partial charge in [0.15, 0.2) is 0 Å². The van der Waals surface area contributed by atoms with Crippen LogP contribution in [0.4, 0.5) is 0 Å². The van der Waals surface area contributed by atoms with Gasteiger partial charge in [0.1, 0.15) is 25.5 Å². The molecule has 8 nitrogen and oxygen atoms in total. The summed E-state index contributed by atoms with van der Waals surface area (Å²) in [6.07, 6.45) is -0.726. The van der Waals surface area contributed by atoms with E-state index >= 15 is 0 Å². The van der Waals surface area contributed by atoms with Crippen LogP contribution in [0.2, 0.25) is 0 Å². The van der Waals surface area contributed by atoms with Gasteiger partial charge in [-0.1, -0.05) is 0 Å². The molecule has 0 saturated carbocycles. The van der Waals surface area contributed by atoms with Gasteiger partial charge in [-0.15, -0.1) is 0 Å². The lowest BCUT2D eigenvalue weighted by Crippen LogP contribution is -2.51. The summed E-state index contributed by atoms with van der Waals surface area (Å²) >= 11 is 0. The summed E-state index contributed by atoms with van der Waals surface area (Å²) in [4.78, 5) is 27.6. The Morgan fingerprint density at radius 3 is 1.62 bits per heavy atom. The van der Waals surface area contributed by atoms with Gasteiger partial charge >= 0.3 is 11.9 Å². The molecule has 2 aliphatic heterocycles. The van der Waals surface area contributed by atoms with E-state index < -0.39 is 12.1 Å². The molecule has 2 aliphatic rings. The lowest BCUT2D eigenvalue weighted by Gasteiger charge is -2.29. The highest BCUT2D eigenvalue weighted by atomic mass is 16.6. The number of hydrogen-bond acceptors (Lipinski definition) is 8. The molecule has 2 saturated heterocycles. The van der Waals surface area contributed by atoms with Gasteiger partial charge in [-0.2, -0.15) is 0 Å². The predicted octanol–water partition coefficient (Wildman–Crippen LogP) is -0.616. The number of ether oxygens (including phenoxy) is 4. The molecule has 0 N–H and O–H groups in total. The SMILES string of the molecule is COC(=O)[C@@H]1[C@@H](C)OCN2CN1CO[C@H](C)[C@H]2C(=O)OC. The van der Waals surface area contributed by atoms with E-state index in [9.17, 15) is 9.59 Å². The summed E-state index contributed by atoms with van der Waals surface area (Å²) in [5.74, 6) is -0.755. The molecule has 0 spiro atoms. The predicted molar refractivity (Wildman–Crippen MR) is 71.0 cm³/mol. The summed E-state index contributed by atoms with van der Waals surface area (Å²) in [6.45, 7) is 4.41. The first kappa shape index (κ1) is 16.2. The highest BCUT2D eigenvalue weighted by Crippen LogP contribution is 2.23. The molecule has 0 aliphatic carbocycles. The maximum Gasteiger partial charge on any atom is 0.325 e. The Labute approximate surface area is 123 Å². The van der Waals surface area contributed by atoms with Crippen molar-refractivity contribution in [3.05, 3.63) is 0 Å². The summed E-state index contributed by atoms with van der Waals surface area (Å²) in [6, 6.07) is -1.13. The van der Waals surface area contributed by atoms with Crippen molar-refractivity contribution in [2.45, 2.75) is 38.1 Å². The van der Waals surface area contributed by atoms with Crippen LogP contribution in [0.5, 0.6) is 0 Å². The molecule has 21 heavy (non-hydrogen) atoms. The minimum Gasteiger partial charge on any atom is -0.468 e. The molecule has 8 heteroatoms. The minimum atomic E-state index is -0.566. The molecule has 0 aromatic rings. The van der Waals surface area contributed by atoms with Gasteiger partial charge in [0.25, 0.3) is 0 Å². The first-order valence-corrected chi connectivity index (χ1v) is 6.86. The maximum absolute atomic E-state index is 12.0. The normalized spacial score (nSPS) is 39.8. The first-order valence-electron chi connectivity index (χ1n) is 6.86. The van der Waals surface area contributed by atoms with E-state index in [1.54, 1.807) is 13.8 Å². The van der Waals surface area contributed by atoms with Crippen LogP contribution in [0.1, 0.15) is 13.8 Å². The lowest BCUT2D eigenvalue weighted by atomic mass is 10.1. The van der Waals surface area contributed by atoms with E-state index in [2.05, 4.69) is 0 Å². The molecule has 2 heterocycles. The third-order valence-corrected chi connectivity index (χ3v) is 3.93. The van der Waals surface area contributed by atoms with Crippen molar-refractivity contribution in [1.29, 1.82) is 0 Å². The molecule has 2 unspecified atom stereocenters. The fraction of sp³-hybridized carbons (Fsp3) is 0.846. The molecule has 0 aromatic heterocycles. The molecule has 2 fully saturated rings. The van der Waals surface area contributed by atoms with E-state index in [4.69, 9.17) is 18.9 Å². The van der Waals surface area contributed by atoms with Crippen molar-refractivity contribution in [2.75, 3.05) is 34.3 Å². The number of nitrogens with zero attached hydrogens (tertiary/aromatic N) is 2. The van der Waals surface area contributed by atoms with Gasteiger partial charge in [-0.3, -0.25) is 19.4 Å². The van der Waals surface area contributed by atoms with E-state index in [0.717, 1.165) is 0 Å². The van der Waals surface area contributed by atoms with Gasteiger partial charge in [0, 0.05) is 0 Å². The number of rotatable bonds is 2. The largest absolute Gasteiger partial charge is 0.468 e. The molecule has 0 amide bonds. The van der Waals surface area contributed by atoms with Gasteiger partial charge < -0.3 is 18.9 Å². The Balaban J connectivity index is 2.26. The maximum atomic E-state index is 12.0. The molecular weight excluding hydrogens is 280 g/mol. The zero-order chi connectivity index (χ0) is 15.6. The third-order valence-electron chi connectivity index (χ3n) is 3.93. The van der Waals surface area contributed by atoms with Crippen LogP contribution in [0.15, 0.2) is 0 Å². The standard InChI is InChI=1S/C13H22N2O6/c1-8-10(12(16)18-3)14-5-15(6-20-8)11(13(17)19-4)9(2)21-7-14/h8-11H,5-7H2,1-4H3/t8-,9-,10+,11+/m1/s1. The second-order valence-corrected chi connectivity index (χ2v) is 5.26. The zero-order valence-electron chi connectivity index (χ0n) is 12.8. The summed E-state index contributed by atoms with van der Waals surface area (Å²) < 4.78 is 21.1.